The Kier molecular flexibility index (Phi) is 48.5. The maximum Gasteiger partial charge on any atom is 0.306 e. The minimum absolute atomic E-state index is 0.0948. The zero-order chi connectivity index (χ0) is 45.8. The van der Waals surface area contributed by atoms with Gasteiger partial charge in [0.05, 0.1) is 0 Å². The van der Waals surface area contributed by atoms with Gasteiger partial charge < -0.3 is 14.2 Å². The highest BCUT2D eigenvalue weighted by Gasteiger charge is 2.19. The molecular formula is C57H96O6. The van der Waals surface area contributed by atoms with Gasteiger partial charge >= 0.3 is 17.9 Å². The summed E-state index contributed by atoms with van der Waals surface area (Å²) in [5.41, 5.74) is 0. The first-order valence-corrected chi connectivity index (χ1v) is 26.1. The summed E-state index contributed by atoms with van der Waals surface area (Å²) in [6.07, 6.45) is 65.7. The minimum Gasteiger partial charge on any atom is -0.462 e. The fourth-order valence-corrected chi connectivity index (χ4v) is 7.06. The van der Waals surface area contributed by atoms with Crippen molar-refractivity contribution in [2.75, 3.05) is 13.2 Å². The van der Waals surface area contributed by atoms with Crippen molar-refractivity contribution in [3.05, 3.63) is 85.1 Å². The Morgan fingerprint density at radius 1 is 0.349 bits per heavy atom. The highest BCUT2D eigenvalue weighted by atomic mass is 16.6. The Labute approximate surface area is 388 Å². The van der Waals surface area contributed by atoms with E-state index in [4.69, 9.17) is 14.2 Å². The van der Waals surface area contributed by atoms with Crippen molar-refractivity contribution in [3.8, 4) is 0 Å². The smallest absolute Gasteiger partial charge is 0.306 e. The van der Waals surface area contributed by atoms with Gasteiger partial charge in [-0.1, -0.05) is 215 Å². The molecule has 0 aromatic carbocycles. The fourth-order valence-electron chi connectivity index (χ4n) is 7.06. The normalized spacial score (nSPS) is 12.7. The predicted molar refractivity (Wildman–Crippen MR) is 270 cm³/mol. The summed E-state index contributed by atoms with van der Waals surface area (Å²) < 4.78 is 16.8. The van der Waals surface area contributed by atoms with Crippen molar-refractivity contribution in [2.24, 2.45) is 0 Å². The molecule has 0 spiro atoms. The molecule has 0 N–H and O–H groups in total. The van der Waals surface area contributed by atoms with Crippen LogP contribution >= 0.6 is 0 Å². The van der Waals surface area contributed by atoms with E-state index < -0.39 is 6.10 Å². The van der Waals surface area contributed by atoms with Gasteiger partial charge in [-0.25, -0.2) is 0 Å². The molecule has 0 rings (SSSR count). The highest BCUT2D eigenvalue weighted by molar-refractivity contribution is 5.71. The van der Waals surface area contributed by atoms with Crippen molar-refractivity contribution < 1.29 is 28.6 Å². The summed E-state index contributed by atoms with van der Waals surface area (Å²) in [4.78, 5) is 38.0. The van der Waals surface area contributed by atoms with Crippen molar-refractivity contribution >= 4 is 17.9 Å². The Balaban J connectivity index is 4.43. The van der Waals surface area contributed by atoms with E-state index in [0.29, 0.717) is 19.3 Å². The Bertz CT molecular complexity index is 1240. The number of hydrogen-bond donors (Lipinski definition) is 0. The van der Waals surface area contributed by atoms with Crippen LogP contribution in [0.15, 0.2) is 85.1 Å². The lowest BCUT2D eigenvalue weighted by atomic mass is 10.1. The second-order valence-electron chi connectivity index (χ2n) is 17.1. The minimum atomic E-state index is -0.795. The van der Waals surface area contributed by atoms with Gasteiger partial charge in [-0.15, -0.1) is 0 Å². The predicted octanol–water partition coefficient (Wildman–Crippen LogP) is 17.2. The van der Waals surface area contributed by atoms with E-state index in [1.54, 1.807) is 0 Å². The van der Waals surface area contributed by atoms with Crippen LogP contribution in [0, 0.1) is 0 Å². The number of allylic oxidation sites excluding steroid dienone is 14. The van der Waals surface area contributed by atoms with E-state index in [0.717, 1.165) is 128 Å². The molecule has 63 heavy (non-hydrogen) atoms. The van der Waals surface area contributed by atoms with E-state index in [1.807, 2.05) is 0 Å². The van der Waals surface area contributed by atoms with E-state index in [2.05, 4.69) is 106 Å². The standard InChI is InChI=1S/C57H96O6/c1-4-7-10-13-16-19-22-25-27-28-29-31-32-35-38-41-44-47-50-56(59)62-53-54(52-61-55(58)49-46-43-40-37-34-24-21-18-15-12-9-6-3)63-57(60)51-48-45-42-39-36-33-30-26-23-20-17-14-11-8-5-2/h8-9,11-12,14,17-18,20-21,23,27-29,31,54H,4-7,10,13,15-16,19,22,24-26,30,32-53H2,1-3H3/b11-8-,12-9-,17-14-,21-18-,23-20-,28-27-,31-29-. The van der Waals surface area contributed by atoms with Crippen LogP contribution in [0.2, 0.25) is 0 Å². The molecule has 0 bridgehead atoms. The van der Waals surface area contributed by atoms with Gasteiger partial charge in [-0.3, -0.25) is 14.4 Å². The van der Waals surface area contributed by atoms with Crippen LogP contribution in [0.5, 0.6) is 0 Å². The zero-order valence-electron chi connectivity index (χ0n) is 41.1. The zero-order valence-corrected chi connectivity index (χ0v) is 41.1. The lowest BCUT2D eigenvalue weighted by Crippen LogP contribution is -2.30. The maximum absolute atomic E-state index is 12.8. The van der Waals surface area contributed by atoms with Gasteiger partial charge in [0, 0.05) is 19.3 Å². The van der Waals surface area contributed by atoms with Crippen LogP contribution in [-0.2, 0) is 28.6 Å². The Morgan fingerprint density at radius 3 is 1.14 bits per heavy atom. The molecule has 0 aliphatic carbocycles. The summed E-state index contributed by atoms with van der Waals surface area (Å²) in [6, 6.07) is 0. The summed E-state index contributed by atoms with van der Waals surface area (Å²) in [5, 5.41) is 0. The molecular weight excluding hydrogens is 781 g/mol. The van der Waals surface area contributed by atoms with Crippen LogP contribution in [0.1, 0.15) is 239 Å². The molecule has 6 nitrogen and oxygen atoms in total. The van der Waals surface area contributed by atoms with Gasteiger partial charge in [0.2, 0.25) is 0 Å². The average Bonchev–Trinajstić information content (AvgIpc) is 3.28. The number of carbonyl (C=O) groups excluding carboxylic acids is 3. The highest BCUT2D eigenvalue weighted by Crippen LogP contribution is 2.14. The molecule has 0 saturated carbocycles. The van der Waals surface area contributed by atoms with Crippen molar-refractivity contribution in [2.45, 2.75) is 245 Å². The van der Waals surface area contributed by atoms with Crippen molar-refractivity contribution in [1.82, 2.24) is 0 Å². The summed E-state index contributed by atoms with van der Waals surface area (Å²) in [7, 11) is 0. The van der Waals surface area contributed by atoms with Gasteiger partial charge in [0.15, 0.2) is 6.10 Å². The summed E-state index contributed by atoms with van der Waals surface area (Å²) >= 11 is 0. The number of hydrogen-bond acceptors (Lipinski definition) is 6. The lowest BCUT2D eigenvalue weighted by Gasteiger charge is -2.18. The van der Waals surface area contributed by atoms with Gasteiger partial charge in [0.25, 0.3) is 0 Å². The van der Waals surface area contributed by atoms with E-state index in [1.165, 1.54) is 70.6 Å². The number of carbonyl (C=O) groups is 3. The summed E-state index contributed by atoms with van der Waals surface area (Å²) in [6.45, 7) is 6.36. The second-order valence-corrected chi connectivity index (χ2v) is 17.1. The van der Waals surface area contributed by atoms with Crippen LogP contribution in [0.3, 0.4) is 0 Å². The van der Waals surface area contributed by atoms with Gasteiger partial charge in [-0.2, -0.15) is 0 Å². The first kappa shape index (κ1) is 59.6. The molecule has 0 amide bonds. The van der Waals surface area contributed by atoms with Crippen LogP contribution in [-0.4, -0.2) is 37.2 Å². The van der Waals surface area contributed by atoms with Crippen molar-refractivity contribution in [3.63, 3.8) is 0 Å². The maximum atomic E-state index is 12.8. The van der Waals surface area contributed by atoms with Crippen molar-refractivity contribution in [1.29, 1.82) is 0 Å². The SMILES string of the molecule is CC\C=C/C=C\C=C/CCCCCCCCCC(=O)OC(COC(=O)CCCCCCC/C=C\C=C/CCCCCCCCC)COC(=O)CCCCCCC/C=C\C/C=C\CC. The molecule has 0 aromatic rings. The number of unbranched alkanes of at least 4 members (excludes halogenated alkanes) is 24. The summed E-state index contributed by atoms with van der Waals surface area (Å²) in [5.74, 6) is -0.936. The molecule has 6 heteroatoms. The molecule has 0 saturated heterocycles. The fraction of sp³-hybridized carbons (Fsp3) is 0.702. The quantitative estimate of drug-likeness (QED) is 0.0199. The molecule has 0 aliphatic heterocycles. The van der Waals surface area contributed by atoms with Crippen LogP contribution < -0.4 is 0 Å². The third-order valence-electron chi connectivity index (χ3n) is 11.0. The molecule has 0 aromatic heterocycles. The van der Waals surface area contributed by atoms with Crippen LogP contribution in [0.25, 0.3) is 0 Å². The molecule has 0 fully saturated rings. The molecule has 0 heterocycles. The van der Waals surface area contributed by atoms with E-state index >= 15 is 0 Å². The average molecular weight is 877 g/mol. The number of ether oxygens (including phenoxy) is 3. The first-order chi connectivity index (χ1) is 31.0. The number of rotatable bonds is 46. The van der Waals surface area contributed by atoms with Gasteiger partial charge in [0.1, 0.15) is 13.2 Å². The topological polar surface area (TPSA) is 78.9 Å². The lowest BCUT2D eigenvalue weighted by molar-refractivity contribution is -0.167. The number of esters is 3. The molecule has 0 radical (unpaired) electrons. The third-order valence-corrected chi connectivity index (χ3v) is 11.0. The Morgan fingerprint density at radius 2 is 0.698 bits per heavy atom. The molecule has 1 atom stereocenters. The second kappa shape index (κ2) is 51.2. The van der Waals surface area contributed by atoms with Crippen LogP contribution in [0.4, 0.5) is 0 Å². The van der Waals surface area contributed by atoms with E-state index in [-0.39, 0.29) is 31.1 Å². The largest absolute Gasteiger partial charge is 0.462 e. The molecule has 360 valence electrons. The third kappa shape index (κ3) is 49.5. The first-order valence-electron chi connectivity index (χ1n) is 26.1. The monoisotopic (exact) mass is 877 g/mol. The van der Waals surface area contributed by atoms with Gasteiger partial charge in [-0.05, 0) is 89.9 Å². The molecule has 0 aliphatic rings. The molecule has 1 unspecified atom stereocenters. The Hall–Kier alpha value is -3.41. The van der Waals surface area contributed by atoms with E-state index in [9.17, 15) is 14.4 Å².